The van der Waals surface area contributed by atoms with Crippen molar-refractivity contribution in [1.82, 2.24) is 0 Å². The van der Waals surface area contributed by atoms with E-state index in [1.807, 2.05) is 24.3 Å². The average Bonchev–Trinajstić information content (AvgIpc) is 3.65. The van der Waals surface area contributed by atoms with Gasteiger partial charge in [0.2, 0.25) is 0 Å². The lowest BCUT2D eigenvalue weighted by Gasteiger charge is -2.25. The minimum Gasteiger partial charge on any atom is -0.311 e. The fraction of sp³-hybridized carbons (Fsp3) is 0. The van der Waals surface area contributed by atoms with E-state index < -0.39 is 0 Å². The van der Waals surface area contributed by atoms with Crippen molar-refractivity contribution in [2.45, 2.75) is 0 Å². The largest absolute Gasteiger partial charge is 0.311 e. The van der Waals surface area contributed by atoms with E-state index in [1.54, 1.807) is 0 Å². The van der Waals surface area contributed by atoms with Gasteiger partial charge in [-0.1, -0.05) is 121 Å². The second-order valence-electron chi connectivity index (χ2n) is 12.2. The molecular weight excluding hydrogens is 641 g/mol. The van der Waals surface area contributed by atoms with Crippen LogP contribution in [0, 0.1) is 0 Å². The third kappa shape index (κ3) is 6.73. The third-order valence-electron chi connectivity index (χ3n) is 8.99. The predicted octanol–water partition coefficient (Wildman–Crippen LogP) is 13.5. The van der Waals surface area contributed by atoms with Crippen LogP contribution in [-0.4, -0.2) is 6.29 Å². The Morgan fingerprint density at radius 2 is 0.667 bits per heavy atom. The van der Waals surface area contributed by atoms with Crippen LogP contribution in [0.3, 0.4) is 0 Å². The molecule has 0 aliphatic heterocycles. The van der Waals surface area contributed by atoms with Gasteiger partial charge in [0.1, 0.15) is 0 Å². The first-order valence-electron chi connectivity index (χ1n) is 17.0. The number of aldehydes is 1. The molecule has 0 saturated heterocycles. The molecule has 8 rings (SSSR count). The van der Waals surface area contributed by atoms with Crippen LogP contribution in [0.15, 0.2) is 200 Å². The highest BCUT2D eigenvalue weighted by atomic mass is 32.1. The van der Waals surface area contributed by atoms with Crippen molar-refractivity contribution in [2.24, 2.45) is 0 Å². The predicted molar refractivity (Wildman–Crippen MR) is 215 cm³/mol. The van der Waals surface area contributed by atoms with Gasteiger partial charge in [-0.15, -0.1) is 11.3 Å². The summed E-state index contributed by atoms with van der Waals surface area (Å²) in [7, 11) is 0. The van der Waals surface area contributed by atoms with E-state index in [2.05, 4.69) is 186 Å². The van der Waals surface area contributed by atoms with Gasteiger partial charge in [-0.3, -0.25) is 4.79 Å². The first-order chi connectivity index (χ1) is 25.2. The van der Waals surface area contributed by atoms with Crippen LogP contribution >= 0.6 is 11.3 Å². The van der Waals surface area contributed by atoms with Crippen LogP contribution in [0.2, 0.25) is 0 Å². The second-order valence-corrected chi connectivity index (χ2v) is 13.3. The molecule has 0 atom stereocenters. The molecule has 4 heteroatoms. The van der Waals surface area contributed by atoms with E-state index in [9.17, 15) is 4.79 Å². The number of benzene rings is 7. The molecule has 0 amide bonds. The maximum atomic E-state index is 12.3. The summed E-state index contributed by atoms with van der Waals surface area (Å²) >= 11 is 1.53. The molecule has 244 valence electrons. The van der Waals surface area contributed by atoms with Gasteiger partial charge in [-0.05, 0) is 101 Å². The first kappa shape index (κ1) is 31.8. The van der Waals surface area contributed by atoms with Gasteiger partial charge >= 0.3 is 0 Å². The Balaban J connectivity index is 1.04. The smallest absolute Gasteiger partial charge is 0.160 e. The number of carbonyl (C=O) groups is 1. The zero-order valence-corrected chi connectivity index (χ0v) is 28.7. The maximum absolute atomic E-state index is 12.3. The third-order valence-corrected chi connectivity index (χ3v) is 10.1. The monoisotopic (exact) mass is 674 g/mol. The lowest BCUT2D eigenvalue weighted by atomic mass is 9.99. The van der Waals surface area contributed by atoms with Gasteiger partial charge in [0.15, 0.2) is 6.29 Å². The van der Waals surface area contributed by atoms with Crippen LogP contribution in [0.25, 0.3) is 32.7 Å². The van der Waals surface area contributed by atoms with Crippen molar-refractivity contribution >= 4 is 51.7 Å². The number of carbonyl (C=O) groups excluding carboxylic acids is 1. The van der Waals surface area contributed by atoms with Crippen molar-refractivity contribution in [2.75, 3.05) is 9.80 Å². The molecule has 1 aromatic heterocycles. The second kappa shape index (κ2) is 14.6. The Labute approximate surface area is 303 Å². The van der Waals surface area contributed by atoms with Gasteiger partial charge in [0, 0.05) is 44.6 Å². The number of rotatable bonds is 10. The van der Waals surface area contributed by atoms with E-state index >= 15 is 0 Å². The molecule has 0 fully saturated rings. The standard InChI is InChI=1S/C47H34N2OS/c50-34-47-45(33-46(51-47)38-27-31-44(32-28-38)49(41-17-9-3-10-18-41)42-19-11-4-12-20-42)37-23-21-35(22-24-37)36-25-29-43(30-26-36)48(39-13-5-1-6-14-39)40-15-7-2-8-16-40/h1-34H. The van der Waals surface area contributed by atoms with Gasteiger partial charge < -0.3 is 9.80 Å². The first-order valence-corrected chi connectivity index (χ1v) is 17.8. The van der Waals surface area contributed by atoms with Gasteiger partial charge in [0.25, 0.3) is 0 Å². The molecule has 0 unspecified atom stereocenters. The molecule has 3 nitrogen and oxygen atoms in total. The molecule has 8 aromatic rings. The molecule has 0 N–H and O–H groups in total. The van der Waals surface area contributed by atoms with Crippen LogP contribution in [-0.2, 0) is 0 Å². The summed E-state index contributed by atoms with van der Waals surface area (Å²) in [5, 5.41) is 0. The van der Waals surface area contributed by atoms with E-state index in [4.69, 9.17) is 0 Å². The summed E-state index contributed by atoms with van der Waals surface area (Å²) in [4.78, 5) is 18.6. The number of nitrogens with zero attached hydrogens (tertiary/aromatic N) is 2. The number of anilines is 6. The minimum atomic E-state index is 0.725. The quantitative estimate of drug-likeness (QED) is 0.135. The van der Waals surface area contributed by atoms with Crippen LogP contribution in [0.5, 0.6) is 0 Å². The molecule has 0 bridgehead atoms. The Bertz CT molecular complexity index is 2260. The minimum absolute atomic E-state index is 0.725. The summed E-state index contributed by atoms with van der Waals surface area (Å²) in [6.07, 6.45) is 0.974. The number of hydrogen-bond donors (Lipinski definition) is 0. The summed E-state index contributed by atoms with van der Waals surface area (Å²) in [5.41, 5.74) is 11.9. The molecule has 0 saturated carbocycles. The molecule has 0 aliphatic rings. The summed E-state index contributed by atoms with van der Waals surface area (Å²) in [6, 6.07) is 69.5. The lowest BCUT2D eigenvalue weighted by Crippen LogP contribution is -2.09. The highest BCUT2D eigenvalue weighted by Crippen LogP contribution is 2.40. The van der Waals surface area contributed by atoms with Gasteiger partial charge in [-0.2, -0.15) is 0 Å². The summed E-state index contributed by atoms with van der Waals surface area (Å²) in [5.74, 6) is 0. The highest BCUT2D eigenvalue weighted by molar-refractivity contribution is 7.17. The molecule has 1 heterocycles. The topological polar surface area (TPSA) is 23.6 Å². The van der Waals surface area contributed by atoms with Crippen molar-refractivity contribution in [3.8, 4) is 32.7 Å². The lowest BCUT2D eigenvalue weighted by molar-refractivity contribution is 0.112. The molecule has 7 aromatic carbocycles. The fourth-order valence-electron chi connectivity index (χ4n) is 6.48. The van der Waals surface area contributed by atoms with Gasteiger partial charge in [0.05, 0.1) is 4.88 Å². The van der Waals surface area contributed by atoms with E-state index in [0.717, 1.165) is 78.0 Å². The normalized spacial score (nSPS) is 10.8. The molecule has 51 heavy (non-hydrogen) atoms. The van der Waals surface area contributed by atoms with E-state index in [0.29, 0.717) is 0 Å². The van der Waals surface area contributed by atoms with E-state index in [-0.39, 0.29) is 0 Å². The van der Waals surface area contributed by atoms with Gasteiger partial charge in [-0.25, -0.2) is 0 Å². The Kier molecular flexibility index (Phi) is 9.06. The van der Waals surface area contributed by atoms with Crippen molar-refractivity contribution in [3.05, 3.63) is 205 Å². The highest BCUT2D eigenvalue weighted by Gasteiger charge is 2.16. The SMILES string of the molecule is O=Cc1sc(-c2ccc(N(c3ccccc3)c3ccccc3)cc2)cc1-c1ccc(-c2ccc(N(c3ccccc3)c3ccccc3)cc2)cc1. The van der Waals surface area contributed by atoms with Crippen LogP contribution in [0.1, 0.15) is 9.67 Å². The molecule has 0 radical (unpaired) electrons. The van der Waals surface area contributed by atoms with Crippen molar-refractivity contribution in [3.63, 3.8) is 0 Å². The van der Waals surface area contributed by atoms with Crippen LogP contribution < -0.4 is 9.80 Å². The number of hydrogen-bond acceptors (Lipinski definition) is 4. The zero-order chi connectivity index (χ0) is 34.4. The number of para-hydroxylation sites is 4. The maximum Gasteiger partial charge on any atom is 0.160 e. The van der Waals surface area contributed by atoms with Crippen LogP contribution in [0.4, 0.5) is 34.1 Å². The Morgan fingerprint density at radius 1 is 0.353 bits per heavy atom. The zero-order valence-electron chi connectivity index (χ0n) is 27.8. The molecular formula is C47H34N2OS. The van der Waals surface area contributed by atoms with E-state index in [1.165, 1.54) is 11.3 Å². The van der Waals surface area contributed by atoms with Crippen molar-refractivity contribution < 1.29 is 4.79 Å². The summed E-state index contributed by atoms with van der Waals surface area (Å²) in [6.45, 7) is 0. The number of thiophene rings is 1. The van der Waals surface area contributed by atoms with Crippen molar-refractivity contribution in [1.29, 1.82) is 0 Å². The molecule has 0 spiro atoms. The Hall–Kier alpha value is -6.49. The fourth-order valence-corrected chi connectivity index (χ4v) is 7.49. The summed E-state index contributed by atoms with van der Waals surface area (Å²) < 4.78 is 0. The molecule has 0 aliphatic carbocycles. The average molecular weight is 675 g/mol. The Morgan fingerprint density at radius 3 is 1.04 bits per heavy atom.